The van der Waals surface area contributed by atoms with Crippen molar-refractivity contribution in [2.24, 2.45) is 0 Å². The van der Waals surface area contributed by atoms with Crippen LogP contribution in [0.3, 0.4) is 0 Å². The summed E-state index contributed by atoms with van der Waals surface area (Å²) in [4.78, 5) is 0. The number of nitrogens with one attached hydrogen (secondary N) is 1. The van der Waals surface area contributed by atoms with Gasteiger partial charge in [-0.15, -0.1) is 0 Å². The predicted molar refractivity (Wildman–Crippen MR) is 74.5 cm³/mol. The molecule has 0 aromatic rings. The molecule has 0 rings (SSSR count). The normalized spacial score (nSPS) is 14.3. The lowest BCUT2D eigenvalue weighted by Gasteiger charge is -2.26. The first-order valence-electron chi connectivity index (χ1n) is 6.77. The van der Waals surface area contributed by atoms with Gasteiger partial charge in [0.2, 0.25) is 10.0 Å². The Morgan fingerprint density at radius 3 is 2.26 bits per heavy atom. The second-order valence-corrected chi connectivity index (χ2v) is 6.70. The molecule has 0 saturated carbocycles. The van der Waals surface area contributed by atoms with E-state index in [0.717, 1.165) is 19.3 Å². The van der Waals surface area contributed by atoms with Crippen LogP contribution < -0.4 is 4.72 Å². The molecule has 1 atom stereocenters. The van der Waals surface area contributed by atoms with Gasteiger partial charge in [0.1, 0.15) is 0 Å². The van der Waals surface area contributed by atoms with Crippen molar-refractivity contribution in [2.45, 2.75) is 63.5 Å². The Bertz CT molecular complexity index is 434. The van der Waals surface area contributed by atoms with Crippen LogP contribution in [0.1, 0.15) is 58.8 Å². The fourth-order valence-corrected chi connectivity index (χ4v) is 3.66. The van der Waals surface area contributed by atoms with Crippen molar-refractivity contribution in [3.05, 3.63) is 0 Å². The van der Waals surface area contributed by atoms with E-state index in [0.29, 0.717) is 19.3 Å². The number of nitriles is 2. The van der Waals surface area contributed by atoms with Crippen LogP contribution in [0.2, 0.25) is 0 Å². The molecule has 19 heavy (non-hydrogen) atoms. The van der Waals surface area contributed by atoms with E-state index in [9.17, 15) is 13.7 Å². The summed E-state index contributed by atoms with van der Waals surface area (Å²) in [5, 5.41) is 17.8. The smallest absolute Gasteiger partial charge is 0.213 e. The van der Waals surface area contributed by atoms with E-state index in [-0.39, 0.29) is 13.0 Å². The van der Waals surface area contributed by atoms with E-state index in [1.54, 1.807) is 0 Å². The van der Waals surface area contributed by atoms with Gasteiger partial charge in [-0.25, -0.2) is 13.1 Å². The molecule has 5 nitrogen and oxygen atoms in total. The van der Waals surface area contributed by atoms with Crippen LogP contribution in [0.15, 0.2) is 0 Å². The van der Waals surface area contributed by atoms with Gasteiger partial charge >= 0.3 is 0 Å². The molecule has 0 fully saturated rings. The van der Waals surface area contributed by atoms with Gasteiger partial charge in [-0.2, -0.15) is 10.5 Å². The van der Waals surface area contributed by atoms with Crippen molar-refractivity contribution in [1.29, 1.82) is 10.5 Å². The molecule has 0 saturated heterocycles. The van der Waals surface area contributed by atoms with Crippen LogP contribution in [-0.2, 0) is 10.0 Å². The van der Waals surface area contributed by atoms with Gasteiger partial charge in [0.15, 0.2) is 4.75 Å². The standard InChI is InChI=1S/C13H23N3O2S/c1-3-5-6-9-13(12-15,8-4-2)19(17,18)16-11-7-10-14/h16H,3-9,11H2,1-2H3. The lowest BCUT2D eigenvalue weighted by molar-refractivity contribution is 0.485. The fraction of sp³-hybridized carbons (Fsp3) is 0.846. The molecule has 0 aromatic carbocycles. The molecule has 0 aromatic heterocycles. The summed E-state index contributed by atoms with van der Waals surface area (Å²) in [5.41, 5.74) is 0. The van der Waals surface area contributed by atoms with E-state index in [1.165, 1.54) is 0 Å². The van der Waals surface area contributed by atoms with Crippen molar-refractivity contribution >= 4 is 10.0 Å². The maximum absolute atomic E-state index is 12.3. The van der Waals surface area contributed by atoms with E-state index >= 15 is 0 Å². The summed E-state index contributed by atoms with van der Waals surface area (Å²) in [7, 11) is -3.71. The zero-order valence-corrected chi connectivity index (χ0v) is 12.6. The number of sulfonamides is 1. The van der Waals surface area contributed by atoms with Crippen molar-refractivity contribution in [3.63, 3.8) is 0 Å². The minimum atomic E-state index is -3.71. The Kier molecular flexibility index (Phi) is 8.38. The molecule has 6 heteroatoms. The molecule has 0 heterocycles. The Balaban J connectivity index is 5.00. The summed E-state index contributed by atoms with van der Waals surface area (Å²) in [6.07, 6.45) is 4.06. The first-order valence-corrected chi connectivity index (χ1v) is 8.25. The maximum atomic E-state index is 12.3. The summed E-state index contributed by atoms with van der Waals surface area (Å²) < 4.78 is 25.6. The number of hydrogen-bond acceptors (Lipinski definition) is 4. The van der Waals surface area contributed by atoms with Gasteiger partial charge in [0, 0.05) is 13.0 Å². The Hall–Kier alpha value is -1.11. The molecule has 0 spiro atoms. The zero-order valence-electron chi connectivity index (χ0n) is 11.8. The average molecular weight is 285 g/mol. The second-order valence-electron chi connectivity index (χ2n) is 4.62. The molecule has 0 aliphatic rings. The van der Waals surface area contributed by atoms with Gasteiger partial charge in [-0.1, -0.05) is 39.5 Å². The lowest BCUT2D eigenvalue weighted by Crippen LogP contribution is -2.45. The molecular formula is C13H23N3O2S. The predicted octanol–water partition coefficient (Wildman–Crippen LogP) is 2.46. The van der Waals surface area contributed by atoms with E-state index in [2.05, 4.69) is 4.72 Å². The van der Waals surface area contributed by atoms with Crippen molar-refractivity contribution in [2.75, 3.05) is 6.54 Å². The Morgan fingerprint density at radius 2 is 1.79 bits per heavy atom. The number of rotatable bonds is 10. The highest BCUT2D eigenvalue weighted by molar-refractivity contribution is 7.91. The van der Waals surface area contributed by atoms with Gasteiger partial charge in [0.05, 0.1) is 12.1 Å². The van der Waals surface area contributed by atoms with Crippen molar-refractivity contribution in [3.8, 4) is 12.1 Å². The third-order valence-electron chi connectivity index (χ3n) is 3.09. The van der Waals surface area contributed by atoms with E-state index in [4.69, 9.17) is 5.26 Å². The topological polar surface area (TPSA) is 93.8 Å². The van der Waals surface area contributed by atoms with Gasteiger partial charge in [0.25, 0.3) is 0 Å². The minimum absolute atomic E-state index is 0.0692. The summed E-state index contributed by atoms with van der Waals surface area (Å²) in [5.74, 6) is 0. The van der Waals surface area contributed by atoms with Crippen LogP contribution >= 0.6 is 0 Å². The highest BCUT2D eigenvalue weighted by Gasteiger charge is 2.42. The molecule has 1 unspecified atom stereocenters. The monoisotopic (exact) mass is 285 g/mol. The van der Waals surface area contributed by atoms with Gasteiger partial charge in [-0.3, -0.25) is 0 Å². The number of nitrogens with zero attached hydrogens (tertiary/aromatic N) is 2. The molecule has 0 radical (unpaired) electrons. The molecule has 1 N–H and O–H groups in total. The van der Waals surface area contributed by atoms with Crippen LogP contribution in [0.4, 0.5) is 0 Å². The second kappa shape index (κ2) is 8.90. The minimum Gasteiger partial charge on any atom is -0.213 e. The van der Waals surface area contributed by atoms with E-state index in [1.807, 2.05) is 26.0 Å². The van der Waals surface area contributed by atoms with Crippen LogP contribution in [0, 0.1) is 22.7 Å². The first-order chi connectivity index (χ1) is 8.99. The summed E-state index contributed by atoms with van der Waals surface area (Å²) >= 11 is 0. The highest BCUT2D eigenvalue weighted by atomic mass is 32.2. The molecule has 0 aliphatic heterocycles. The molecular weight excluding hydrogens is 262 g/mol. The number of unbranched alkanes of at least 4 members (excludes halogenated alkanes) is 2. The first kappa shape index (κ1) is 17.9. The molecule has 0 aliphatic carbocycles. The van der Waals surface area contributed by atoms with Gasteiger partial charge in [-0.05, 0) is 12.8 Å². The third kappa shape index (κ3) is 5.18. The van der Waals surface area contributed by atoms with Crippen LogP contribution in [0.5, 0.6) is 0 Å². The van der Waals surface area contributed by atoms with Crippen molar-refractivity contribution < 1.29 is 8.42 Å². The highest BCUT2D eigenvalue weighted by Crippen LogP contribution is 2.28. The zero-order chi connectivity index (χ0) is 14.8. The summed E-state index contributed by atoms with van der Waals surface area (Å²) in [6.45, 7) is 3.98. The SMILES string of the molecule is CCCCCC(C#N)(CCC)S(=O)(=O)NCCC#N. The fourth-order valence-electron chi connectivity index (χ4n) is 2.01. The molecule has 108 valence electrons. The maximum Gasteiger partial charge on any atom is 0.230 e. The third-order valence-corrected chi connectivity index (χ3v) is 5.20. The van der Waals surface area contributed by atoms with Crippen LogP contribution in [-0.4, -0.2) is 19.7 Å². The molecule has 0 amide bonds. The Morgan fingerprint density at radius 1 is 1.11 bits per heavy atom. The number of hydrogen-bond donors (Lipinski definition) is 1. The van der Waals surface area contributed by atoms with Gasteiger partial charge < -0.3 is 0 Å². The summed E-state index contributed by atoms with van der Waals surface area (Å²) in [6, 6.07) is 3.89. The van der Waals surface area contributed by atoms with Crippen LogP contribution in [0.25, 0.3) is 0 Å². The quantitative estimate of drug-likeness (QED) is 0.624. The molecule has 0 bridgehead atoms. The Labute approximate surface area is 116 Å². The largest absolute Gasteiger partial charge is 0.230 e. The lowest BCUT2D eigenvalue weighted by atomic mass is 9.97. The van der Waals surface area contributed by atoms with Crippen molar-refractivity contribution in [1.82, 2.24) is 4.72 Å². The average Bonchev–Trinajstić information content (AvgIpc) is 2.38. The van der Waals surface area contributed by atoms with E-state index < -0.39 is 14.8 Å².